The molecule has 2 N–H and O–H groups in total. The number of nitrogens with zero attached hydrogens (tertiary/aromatic N) is 2. The minimum atomic E-state index is 0.487. The minimum absolute atomic E-state index is 0.487. The van der Waals surface area contributed by atoms with Crippen LogP contribution in [0.25, 0.3) is 0 Å². The van der Waals surface area contributed by atoms with Crippen LogP contribution in [0.5, 0.6) is 0 Å². The molecule has 0 saturated heterocycles. The lowest BCUT2D eigenvalue weighted by Gasteiger charge is -2.02. The molecule has 1 fully saturated rings. The van der Waals surface area contributed by atoms with E-state index in [0.717, 1.165) is 12.5 Å². The van der Waals surface area contributed by atoms with Crippen molar-refractivity contribution in [2.24, 2.45) is 11.3 Å². The SMILES string of the molecule is CNCc1nnc(NCC2CC2(C)C)o1. The fourth-order valence-electron chi connectivity index (χ4n) is 1.68. The molecule has 15 heavy (non-hydrogen) atoms. The molecule has 1 aliphatic carbocycles. The quantitative estimate of drug-likeness (QED) is 0.765. The summed E-state index contributed by atoms with van der Waals surface area (Å²) in [6.07, 6.45) is 1.28. The fraction of sp³-hybridized carbons (Fsp3) is 0.800. The molecule has 1 saturated carbocycles. The van der Waals surface area contributed by atoms with Crippen LogP contribution in [0.1, 0.15) is 26.2 Å². The van der Waals surface area contributed by atoms with Gasteiger partial charge in [0.25, 0.3) is 0 Å². The normalized spacial score (nSPS) is 22.7. The predicted octanol–water partition coefficient (Wildman–Crippen LogP) is 1.25. The molecule has 5 heteroatoms. The van der Waals surface area contributed by atoms with Crippen molar-refractivity contribution < 1.29 is 4.42 Å². The molecule has 0 aromatic carbocycles. The summed E-state index contributed by atoms with van der Waals surface area (Å²) in [6.45, 7) is 6.09. The zero-order valence-corrected chi connectivity index (χ0v) is 9.50. The van der Waals surface area contributed by atoms with E-state index >= 15 is 0 Å². The molecular weight excluding hydrogens is 192 g/mol. The van der Waals surface area contributed by atoms with Crippen molar-refractivity contribution >= 4 is 6.01 Å². The van der Waals surface area contributed by atoms with Crippen molar-refractivity contribution in [3.63, 3.8) is 0 Å². The Labute approximate surface area is 89.6 Å². The third kappa shape index (κ3) is 2.47. The van der Waals surface area contributed by atoms with Crippen LogP contribution < -0.4 is 10.6 Å². The second-order valence-electron chi connectivity index (χ2n) is 4.80. The van der Waals surface area contributed by atoms with Gasteiger partial charge in [-0.3, -0.25) is 0 Å². The molecule has 0 amide bonds. The van der Waals surface area contributed by atoms with E-state index < -0.39 is 0 Å². The van der Waals surface area contributed by atoms with Gasteiger partial charge in [-0.1, -0.05) is 18.9 Å². The predicted molar refractivity (Wildman–Crippen MR) is 57.4 cm³/mol. The largest absolute Gasteiger partial charge is 0.407 e. The van der Waals surface area contributed by atoms with E-state index in [1.54, 1.807) is 0 Å². The van der Waals surface area contributed by atoms with Crippen LogP contribution in [0, 0.1) is 11.3 Å². The lowest BCUT2D eigenvalue weighted by Crippen LogP contribution is -2.07. The average Bonchev–Trinajstić information content (AvgIpc) is 2.62. The van der Waals surface area contributed by atoms with Gasteiger partial charge in [-0.05, 0) is 24.8 Å². The van der Waals surface area contributed by atoms with Crippen molar-refractivity contribution in [1.82, 2.24) is 15.5 Å². The van der Waals surface area contributed by atoms with Gasteiger partial charge >= 0.3 is 6.01 Å². The molecule has 0 radical (unpaired) electrons. The Kier molecular flexibility index (Phi) is 2.65. The molecular formula is C10H18N4O. The third-order valence-corrected chi connectivity index (χ3v) is 3.01. The lowest BCUT2D eigenvalue weighted by molar-refractivity contribution is 0.485. The summed E-state index contributed by atoms with van der Waals surface area (Å²) in [7, 11) is 1.85. The fourth-order valence-corrected chi connectivity index (χ4v) is 1.68. The smallest absolute Gasteiger partial charge is 0.315 e. The number of nitrogens with one attached hydrogen (secondary N) is 2. The highest BCUT2D eigenvalue weighted by molar-refractivity contribution is 5.18. The third-order valence-electron chi connectivity index (χ3n) is 3.01. The highest BCUT2D eigenvalue weighted by atomic mass is 16.4. The number of anilines is 1. The van der Waals surface area contributed by atoms with Gasteiger partial charge in [0.15, 0.2) is 0 Å². The van der Waals surface area contributed by atoms with Crippen molar-refractivity contribution in [2.75, 3.05) is 18.9 Å². The van der Waals surface area contributed by atoms with Crippen LogP contribution in [-0.4, -0.2) is 23.8 Å². The van der Waals surface area contributed by atoms with Crippen molar-refractivity contribution in [3.8, 4) is 0 Å². The first kappa shape index (κ1) is 10.4. The molecule has 0 spiro atoms. The molecule has 1 heterocycles. The van der Waals surface area contributed by atoms with E-state index in [-0.39, 0.29) is 0 Å². The van der Waals surface area contributed by atoms with Gasteiger partial charge in [0.1, 0.15) is 0 Å². The van der Waals surface area contributed by atoms with E-state index in [1.807, 2.05) is 7.05 Å². The Bertz CT molecular complexity index is 334. The summed E-state index contributed by atoms with van der Waals surface area (Å²) in [5.74, 6) is 1.35. The Morgan fingerprint density at radius 1 is 1.47 bits per heavy atom. The maximum atomic E-state index is 5.37. The first-order valence-corrected chi connectivity index (χ1v) is 5.32. The number of hydrogen-bond acceptors (Lipinski definition) is 5. The highest BCUT2D eigenvalue weighted by Crippen LogP contribution is 2.51. The van der Waals surface area contributed by atoms with Gasteiger partial charge in [0, 0.05) is 6.54 Å². The van der Waals surface area contributed by atoms with Gasteiger partial charge in [-0.15, -0.1) is 5.10 Å². The Hall–Kier alpha value is -1.10. The summed E-state index contributed by atoms with van der Waals surface area (Å²) in [6, 6.07) is 0.531. The van der Waals surface area contributed by atoms with Gasteiger partial charge < -0.3 is 15.1 Å². The van der Waals surface area contributed by atoms with Gasteiger partial charge in [-0.2, -0.15) is 0 Å². The zero-order valence-electron chi connectivity index (χ0n) is 9.50. The first-order chi connectivity index (χ1) is 7.12. The van der Waals surface area contributed by atoms with Crippen molar-refractivity contribution in [1.29, 1.82) is 0 Å². The van der Waals surface area contributed by atoms with Gasteiger partial charge in [-0.25, -0.2) is 0 Å². The summed E-state index contributed by atoms with van der Waals surface area (Å²) in [4.78, 5) is 0. The molecule has 1 unspecified atom stereocenters. The Morgan fingerprint density at radius 2 is 2.20 bits per heavy atom. The van der Waals surface area contributed by atoms with E-state index in [9.17, 15) is 0 Å². The van der Waals surface area contributed by atoms with E-state index in [1.165, 1.54) is 6.42 Å². The second-order valence-corrected chi connectivity index (χ2v) is 4.80. The molecule has 1 aliphatic rings. The van der Waals surface area contributed by atoms with E-state index in [0.29, 0.717) is 23.9 Å². The van der Waals surface area contributed by atoms with Crippen LogP contribution >= 0.6 is 0 Å². The van der Waals surface area contributed by atoms with E-state index in [4.69, 9.17) is 4.42 Å². The van der Waals surface area contributed by atoms with Crippen LogP contribution in [0.3, 0.4) is 0 Å². The summed E-state index contributed by atoms with van der Waals surface area (Å²) >= 11 is 0. The summed E-state index contributed by atoms with van der Waals surface area (Å²) in [5.41, 5.74) is 0.487. The number of hydrogen-bond donors (Lipinski definition) is 2. The summed E-state index contributed by atoms with van der Waals surface area (Å²) in [5, 5.41) is 14.0. The maximum absolute atomic E-state index is 5.37. The highest BCUT2D eigenvalue weighted by Gasteiger charge is 2.45. The number of aromatic nitrogens is 2. The molecule has 0 bridgehead atoms. The molecule has 1 aromatic heterocycles. The van der Waals surface area contributed by atoms with Crippen LogP contribution in [0.4, 0.5) is 6.01 Å². The zero-order chi connectivity index (χ0) is 10.9. The molecule has 84 valence electrons. The van der Waals surface area contributed by atoms with Gasteiger partial charge in [0.05, 0.1) is 6.54 Å². The molecule has 2 rings (SSSR count). The lowest BCUT2D eigenvalue weighted by atomic mass is 10.1. The van der Waals surface area contributed by atoms with Crippen molar-refractivity contribution in [2.45, 2.75) is 26.8 Å². The van der Waals surface area contributed by atoms with Crippen molar-refractivity contribution in [3.05, 3.63) is 5.89 Å². The van der Waals surface area contributed by atoms with Crippen LogP contribution in [0.15, 0.2) is 4.42 Å². The molecule has 0 aliphatic heterocycles. The standard InChI is InChI=1S/C10H18N4O/c1-10(2)4-7(10)5-12-9-14-13-8(15-9)6-11-3/h7,11H,4-6H2,1-3H3,(H,12,14). The molecule has 1 atom stereocenters. The Morgan fingerprint density at radius 3 is 2.80 bits per heavy atom. The average molecular weight is 210 g/mol. The maximum Gasteiger partial charge on any atom is 0.315 e. The van der Waals surface area contributed by atoms with Crippen LogP contribution in [0.2, 0.25) is 0 Å². The monoisotopic (exact) mass is 210 g/mol. The Balaban J connectivity index is 1.79. The van der Waals surface area contributed by atoms with E-state index in [2.05, 4.69) is 34.7 Å². The summed E-state index contributed by atoms with van der Waals surface area (Å²) < 4.78 is 5.37. The minimum Gasteiger partial charge on any atom is -0.407 e. The molecule has 1 aromatic rings. The topological polar surface area (TPSA) is 63.0 Å². The molecule has 5 nitrogen and oxygen atoms in total. The second kappa shape index (κ2) is 3.81. The van der Waals surface area contributed by atoms with Crippen LogP contribution in [-0.2, 0) is 6.54 Å². The van der Waals surface area contributed by atoms with Gasteiger partial charge in [0.2, 0.25) is 5.89 Å². The first-order valence-electron chi connectivity index (χ1n) is 5.32. The number of rotatable bonds is 5.